The van der Waals surface area contributed by atoms with E-state index in [0.29, 0.717) is 4.31 Å². The van der Waals surface area contributed by atoms with Crippen molar-refractivity contribution in [2.24, 2.45) is 0 Å². The third-order valence-electron chi connectivity index (χ3n) is 4.13. The molecule has 0 aromatic heterocycles. The second-order valence-corrected chi connectivity index (χ2v) is 8.32. The van der Waals surface area contributed by atoms with Crippen molar-refractivity contribution in [3.8, 4) is 0 Å². The van der Waals surface area contributed by atoms with Crippen molar-refractivity contribution in [3.63, 3.8) is 0 Å². The van der Waals surface area contributed by atoms with Crippen LogP contribution in [0.15, 0.2) is 54.6 Å². The molecular formula is C19H21F3N2O3S. The molecule has 1 unspecified atom stereocenters. The zero-order valence-corrected chi connectivity index (χ0v) is 16.5. The van der Waals surface area contributed by atoms with Crippen molar-refractivity contribution < 1.29 is 26.4 Å². The van der Waals surface area contributed by atoms with Crippen LogP contribution in [-0.2, 0) is 27.5 Å². The molecule has 5 nitrogen and oxygen atoms in total. The fourth-order valence-corrected chi connectivity index (χ4v) is 4.04. The van der Waals surface area contributed by atoms with Crippen LogP contribution in [0.3, 0.4) is 0 Å². The second kappa shape index (κ2) is 8.22. The minimum Gasteiger partial charge on any atom is -0.340 e. The molecule has 1 amide bonds. The smallest absolute Gasteiger partial charge is 0.340 e. The summed E-state index contributed by atoms with van der Waals surface area (Å²) in [6, 6.07) is 11.8. The van der Waals surface area contributed by atoms with E-state index in [1.54, 1.807) is 0 Å². The lowest BCUT2D eigenvalue weighted by Crippen LogP contribution is -2.48. The molecule has 0 saturated carbocycles. The first-order valence-electron chi connectivity index (χ1n) is 8.37. The molecule has 0 spiro atoms. The number of carbonyl (C=O) groups excluding carboxylic acids is 1. The van der Waals surface area contributed by atoms with E-state index in [4.69, 9.17) is 0 Å². The standard InChI is InChI=1S/C19H21F3N2O3S/c1-14(18(25)23(2)13-15-8-5-4-6-9-15)24(28(3,26)27)17-11-7-10-16(12-17)19(20,21)22/h4-12,14H,13H2,1-3H3. The number of halogens is 3. The third kappa shape index (κ3) is 5.25. The lowest BCUT2D eigenvalue weighted by molar-refractivity contribution is -0.137. The van der Waals surface area contributed by atoms with E-state index in [2.05, 4.69) is 0 Å². The fraction of sp³-hybridized carbons (Fsp3) is 0.316. The zero-order valence-electron chi connectivity index (χ0n) is 15.6. The summed E-state index contributed by atoms with van der Waals surface area (Å²) in [6.07, 6.45) is -3.77. The van der Waals surface area contributed by atoms with Gasteiger partial charge in [0, 0.05) is 13.6 Å². The van der Waals surface area contributed by atoms with E-state index in [1.165, 1.54) is 24.9 Å². The monoisotopic (exact) mass is 414 g/mol. The molecule has 152 valence electrons. The van der Waals surface area contributed by atoms with Crippen molar-refractivity contribution in [2.75, 3.05) is 17.6 Å². The molecule has 2 aromatic rings. The zero-order chi connectivity index (χ0) is 21.1. The van der Waals surface area contributed by atoms with Crippen molar-refractivity contribution in [1.82, 2.24) is 4.90 Å². The van der Waals surface area contributed by atoms with Gasteiger partial charge in [-0.1, -0.05) is 36.4 Å². The Morgan fingerprint density at radius 3 is 2.21 bits per heavy atom. The lowest BCUT2D eigenvalue weighted by Gasteiger charge is -2.31. The summed E-state index contributed by atoms with van der Waals surface area (Å²) in [5, 5.41) is 0. The maximum atomic E-state index is 13.0. The first-order valence-corrected chi connectivity index (χ1v) is 10.2. The molecular weight excluding hydrogens is 393 g/mol. The third-order valence-corrected chi connectivity index (χ3v) is 5.37. The van der Waals surface area contributed by atoms with Gasteiger partial charge in [0.05, 0.1) is 17.5 Å². The summed E-state index contributed by atoms with van der Waals surface area (Å²) in [4.78, 5) is 14.1. The average Bonchev–Trinajstić information content (AvgIpc) is 2.60. The van der Waals surface area contributed by atoms with E-state index in [0.717, 1.165) is 30.0 Å². The SMILES string of the molecule is CC(C(=O)N(C)Cc1ccccc1)N(c1cccc(C(F)(F)F)c1)S(C)(=O)=O. The van der Waals surface area contributed by atoms with Crippen LogP contribution in [0.5, 0.6) is 0 Å². The predicted octanol–water partition coefficient (Wildman–Crippen LogP) is 3.52. The second-order valence-electron chi connectivity index (χ2n) is 6.46. The van der Waals surface area contributed by atoms with Crippen LogP contribution in [0, 0.1) is 0 Å². The molecule has 0 aliphatic rings. The van der Waals surface area contributed by atoms with E-state index in [-0.39, 0.29) is 12.2 Å². The van der Waals surface area contributed by atoms with Gasteiger partial charge >= 0.3 is 6.18 Å². The Hall–Kier alpha value is -2.55. The van der Waals surface area contributed by atoms with Crippen molar-refractivity contribution in [3.05, 3.63) is 65.7 Å². The average molecular weight is 414 g/mol. The Kier molecular flexibility index (Phi) is 6.38. The highest BCUT2D eigenvalue weighted by molar-refractivity contribution is 7.92. The Morgan fingerprint density at radius 1 is 1.07 bits per heavy atom. The molecule has 0 fully saturated rings. The van der Waals surface area contributed by atoms with Crippen LogP contribution in [0.1, 0.15) is 18.1 Å². The molecule has 1 atom stereocenters. The normalized spacial score (nSPS) is 13.1. The van der Waals surface area contributed by atoms with Gasteiger partial charge in [0.15, 0.2) is 0 Å². The highest BCUT2D eigenvalue weighted by atomic mass is 32.2. The van der Waals surface area contributed by atoms with Crippen LogP contribution in [-0.4, -0.2) is 38.6 Å². The molecule has 2 aromatic carbocycles. The topological polar surface area (TPSA) is 57.7 Å². The molecule has 0 saturated heterocycles. The molecule has 28 heavy (non-hydrogen) atoms. The van der Waals surface area contributed by atoms with E-state index >= 15 is 0 Å². The first kappa shape index (κ1) is 21.7. The van der Waals surface area contributed by atoms with E-state index < -0.39 is 33.7 Å². The van der Waals surface area contributed by atoms with Crippen LogP contribution in [0.25, 0.3) is 0 Å². The Bertz CT molecular complexity index is 931. The molecule has 0 aliphatic carbocycles. The highest BCUT2D eigenvalue weighted by Crippen LogP contribution is 2.33. The maximum absolute atomic E-state index is 13.0. The Balaban J connectivity index is 2.34. The van der Waals surface area contributed by atoms with Crippen molar-refractivity contribution >= 4 is 21.6 Å². The number of likely N-dealkylation sites (N-methyl/N-ethyl adjacent to an activating group) is 1. The first-order chi connectivity index (χ1) is 12.9. The summed E-state index contributed by atoms with van der Waals surface area (Å²) >= 11 is 0. The summed E-state index contributed by atoms with van der Waals surface area (Å²) in [7, 11) is -2.50. The maximum Gasteiger partial charge on any atom is 0.416 e. The number of alkyl halides is 3. The van der Waals surface area contributed by atoms with Gasteiger partial charge in [0.1, 0.15) is 6.04 Å². The van der Waals surface area contributed by atoms with Gasteiger partial charge in [-0.3, -0.25) is 9.10 Å². The molecule has 9 heteroatoms. The summed E-state index contributed by atoms with van der Waals surface area (Å²) < 4.78 is 64.3. The van der Waals surface area contributed by atoms with Crippen LogP contribution in [0.2, 0.25) is 0 Å². The summed E-state index contributed by atoms with van der Waals surface area (Å²) in [6.45, 7) is 1.59. The van der Waals surface area contributed by atoms with Gasteiger partial charge in [-0.25, -0.2) is 8.42 Å². The van der Waals surface area contributed by atoms with Gasteiger partial charge < -0.3 is 4.90 Å². The summed E-state index contributed by atoms with van der Waals surface area (Å²) in [5.41, 5.74) is -0.363. The molecule has 2 rings (SSSR count). The number of sulfonamides is 1. The van der Waals surface area contributed by atoms with Gasteiger partial charge in [0.2, 0.25) is 15.9 Å². The van der Waals surface area contributed by atoms with Crippen molar-refractivity contribution in [1.29, 1.82) is 0 Å². The minimum atomic E-state index is -4.63. The molecule has 0 aliphatic heterocycles. The molecule has 0 N–H and O–H groups in total. The van der Waals surface area contributed by atoms with E-state index in [9.17, 15) is 26.4 Å². The number of nitrogens with zero attached hydrogens (tertiary/aromatic N) is 2. The number of anilines is 1. The molecule has 0 heterocycles. The lowest BCUT2D eigenvalue weighted by atomic mass is 10.1. The predicted molar refractivity (Wildman–Crippen MR) is 101 cm³/mol. The van der Waals surface area contributed by atoms with Gasteiger partial charge in [-0.2, -0.15) is 13.2 Å². The molecule has 0 radical (unpaired) electrons. The van der Waals surface area contributed by atoms with Gasteiger partial charge in [0.25, 0.3) is 0 Å². The van der Waals surface area contributed by atoms with E-state index in [1.807, 2.05) is 30.3 Å². The van der Waals surface area contributed by atoms with Gasteiger partial charge in [-0.15, -0.1) is 0 Å². The Morgan fingerprint density at radius 2 is 1.68 bits per heavy atom. The van der Waals surface area contributed by atoms with Crippen LogP contribution < -0.4 is 4.31 Å². The number of hydrogen-bond donors (Lipinski definition) is 0. The van der Waals surface area contributed by atoms with Crippen LogP contribution >= 0.6 is 0 Å². The Labute approximate surface area is 162 Å². The number of carbonyl (C=O) groups is 1. The number of benzene rings is 2. The largest absolute Gasteiger partial charge is 0.416 e. The number of rotatable bonds is 6. The number of amides is 1. The molecule has 0 bridgehead atoms. The van der Waals surface area contributed by atoms with Gasteiger partial charge in [-0.05, 0) is 30.7 Å². The quantitative estimate of drug-likeness (QED) is 0.727. The minimum absolute atomic E-state index is 0.216. The van der Waals surface area contributed by atoms with Crippen molar-refractivity contribution in [2.45, 2.75) is 25.7 Å². The summed E-state index contributed by atoms with van der Waals surface area (Å²) in [5.74, 6) is -0.535. The number of hydrogen-bond acceptors (Lipinski definition) is 3. The fourth-order valence-electron chi connectivity index (χ4n) is 2.88. The van der Waals surface area contributed by atoms with Crippen LogP contribution in [0.4, 0.5) is 18.9 Å². The highest BCUT2D eigenvalue weighted by Gasteiger charge is 2.34.